The molecule has 27 heavy (non-hydrogen) atoms. The zero-order valence-electron chi connectivity index (χ0n) is 15.4. The highest BCUT2D eigenvalue weighted by Crippen LogP contribution is 2.77. The molecule has 3 saturated carbocycles. The van der Waals surface area contributed by atoms with Crippen molar-refractivity contribution in [3.05, 3.63) is 24.5 Å². The summed E-state index contributed by atoms with van der Waals surface area (Å²) in [6.07, 6.45) is 4.37. The lowest BCUT2D eigenvalue weighted by Gasteiger charge is -2.46. The Morgan fingerprint density at radius 3 is 2.81 bits per heavy atom. The summed E-state index contributed by atoms with van der Waals surface area (Å²) in [5.41, 5.74) is -3.20. The van der Waals surface area contributed by atoms with E-state index in [1.165, 1.54) is 13.4 Å². The van der Waals surface area contributed by atoms with Crippen molar-refractivity contribution in [2.24, 2.45) is 28.6 Å². The summed E-state index contributed by atoms with van der Waals surface area (Å²) in [5.74, 6) is -3.15. The highest BCUT2D eigenvalue weighted by Gasteiger charge is 2.83. The van der Waals surface area contributed by atoms with Crippen LogP contribution < -0.4 is 0 Å². The smallest absolute Gasteiger partial charge is 0.318 e. The number of fused-ring (bicyclic) bond motifs is 2. The van der Waals surface area contributed by atoms with Crippen LogP contribution in [0.4, 0.5) is 0 Å². The van der Waals surface area contributed by atoms with E-state index in [9.17, 15) is 19.8 Å². The first kappa shape index (κ1) is 17.3. The van der Waals surface area contributed by atoms with E-state index in [0.717, 1.165) is 0 Å². The van der Waals surface area contributed by atoms with E-state index in [4.69, 9.17) is 14.2 Å². The standard InChI is InChI=1S/C20H24O7/c1-10-8-18-9-19(10,24)5-4-11(18)20-6-7-26-16(27-20)17(2,15(23)25-3)13(20)12(18)14(21)22/h6-7,11-13,16,24H,1,4-5,8-9H2,2-3H3,(H,21,22)/t11-,12-,13-,16-,17-,18+,19+,20-/m1/s1. The minimum Gasteiger partial charge on any atom is -0.481 e. The maximum absolute atomic E-state index is 12.9. The molecule has 4 bridgehead atoms. The van der Waals surface area contributed by atoms with E-state index in [-0.39, 0.29) is 5.92 Å². The first-order chi connectivity index (χ1) is 12.7. The number of carbonyl (C=O) groups is 2. The molecule has 7 nitrogen and oxygen atoms in total. The molecule has 0 amide bonds. The highest BCUT2D eigenvalue weighted by molar-refractivity contribution is 5.82. The van der Waals surface area contributed by atoms with Gasteiger partial charge in [-0.05, 0) is 55.6 Å². The van der Waals surface area contributed by atoms with Crippen LogP contribution >= 0.6 is 0 Å². The fraction of sp³-hybridized carbons (Fsp3) is 0.700. The molecule has 5 aliphatic rings. The Balaban J connectivity index is 1.76. The average molecular weight is 376 g/mol. The molecule has 4 fully saturated rings. The number of aliphatic hydroxyl groups is 1. The number of carboxylic acids is 1. The van der Waals surface area contributed by atoms with Gasteiger partial charge in [0.1, 0.15) is 11.0 Å². The summed E-state index contributed by atoms with van der Waals surface area (Å²) < 4.78 is 17.0. The third kappa shape index (κ3) is 1.63. The van der Waals surface area contributed by atoms with E-state index in [1.807, 2.05) is 0 Å². The van der Waals surface area contributed by atoms with Crippen molar-refractivity contribution in [1.82, 2.24) is 0 Å². The van der Waals surface area contributed by atoms with Crippen LogP contribution in [0.25, 0.3) is 0 Å². The Kier molecular flexibility index (Phi) is 3.04. The van der Waals surface area contributed by atoms with Crippen molar-refractivity contribution in [2.45, 2.75) is 50.1 Å². The van der Waals surface area contributed by atoms with Crippen LogP contribution in [-0.2, 0) is 23.8 Å². The van der Waals surface area contributed by atoms with Crippen molar-refractivity contribution in [3.63, 3.8) is 0 Å². The molecule has 0 aromatic heterocycles. The maximum Gasteiger partial charge on any atom is 0.318 e. The second-order valence-corrected chi connectivity index (χ2v) is 9.12. The van der Waals surface area contributed by atoms with E-state index < -0.39 is 52.1 Å². The molecule has 2 N–H and O–H groups in total. The molecule has 0 radical (unpaired) electrons. The van der Waals surface area contributed by atoms with Gasteiger partial charge in [0, 0.05) is 5.92 Å². The van der Waals surface area contributed by atoms with E-state index >= 15 is 0 Å². The predicted octanol–water partition coefficient (Wildman–Crippen LogP) is 1.61. The maximum atomic E-state index is 12.9. The lowest BCUT2D eigenvalue weighted by Crippen LogP contribution is -2.50. The summed E-state index contributed by atoms with van der Waals surface area (Å²) in [5, 5.41) is 21.3. The summed E-state index contributed by atoms with van der Waals surface area (Å²) in [7, 11) is 1.29. The van der Waals surface area contributed by atoms with Gasteiger partial charge in [-0.15, -0.1) is 0 Å². The Morgan fingerprint density at radius 1 is 1.41 bits per heavy atom. The summed E-state index contributed by atoms with van der Waals surface area (Å²) in [6, 6.07) is 0. The minimum atomic E-state index is -1.25. The molecule has 2 heterocycles. The molecule has 0 unspecified atom stereocenters. The van der Waals surface area contributed by atoms with Crippen molar-refractivity contribution in [1.29, 1.82) is 0 Å². The van der Waals surface area contributed by atoms with Crippen LogP contribution in [0.1, 0.15) is 32.6 Å². The topological polar surface area (TPSA) is 102 Å². The van der Waals surface area contributed by atoms with Gasteiger partial charge in [-0.3, -0.25) is 9.59 Å². The first-order valence-electron chi connectivity index (χ1n) is 9.38. The molecular formula is C20H24O7. The van der Waals surface area contributed by atoms with Crippen LogP contribution in [0.15, 0.2) is 24.5 Å². The van der Waals surface area contributed by atoms with Gasteiger partial charge in [-0.2, -0.15) is 0 Å². The van der Waals surface area contributed by atoms with E-state index in [1.54, 1.807) is 13.0 Å². The monoisotopic (exact) mass is 376 g/mol. The summed E-state index contributed by atoms with van der Waals surface area (Å²) in [6.45, 7) is 5.74. The van der Waals surface area contributed by atoms with E-state index in [0.29, 0.717) is 31.3 Å². The number of ether oxygens (including phenoxy) is 3. The Morgan fingerprint density at radius 2 is 2.15 bits per heavy atom. The van der Waals surface area contributed by atoms with Crippen LogP contribution in [0.2, 0.25) is 0 Å². The molecule has 2 aliphatic heterocycles. The van der Waals surface area contributed by atoms with Gasteiger partial charge in [0.15, 0.2) is 0 Å². The minimum absolute atomic E-state index is 0.134. The quantitative estimate of drug-likeness (QED) is 0.558. The van der Waals surface area contributed by atoms with Crippen molar-refractivity contribution < 1.29 is 34.0 Å². The van der Waals surface area contributed by atoms with E-state index in [2.05, 4.69) is 6.58 Å². The number of esters is 1. The molecule has 3 aliphatic carbocycles. The van der Waals surface area contributed by atoms with Gasteiger partial charge in [0.25, 0.3) is 0 Å². The lowest BCUT2D eigenvalue weighted by molar-refractivity contribution is -0.207. The van der Waals surface area contributed by atoms with Crippen LogP contribution in [0.5, 0.6) is 0 Å². The molecule has 146 valence electrons. The number of hydrogen-bond donors (Lipinski definition) is 2. The van der Waals surface area contributed by atoms with Crippen LogP contribution in [0, 0.1) is 28.6 Å². The van der Waals surface area contributed by atoms with Gasteiger partial charge < -0.3 is 24.4 Å². The molecule has 2 spiro atoms. The number of carboxylic acid groups (broad SMARTS) is 1. The number of methoxy groups -OCH3 is 1. The molecule has 5 rings (SSSR count). The van der Waals surface area contributed by atoms with Gasteiger partial charge in [-0.25, -0.2) is 0 Å². The van der Waals surface area contributed by atoms with Gasteiger partial charge >= 0.3 is 11.9 Å². The summed E-state index contributed by atoms with van der Waals surface area (Å²) >= 11 is 0. The first-order valence-corrected chi connectivity index (χ1v) is 9.38. The SMILES string of the molecule is C=C1C[C@]23C[C@@]1(O)CC[C@H]2[C@@]12C=CO[C@H](O1)[C@@](C)(C(=O)OC)[C@H]2[C@@H]3C(=O)O. The molecule has 7 heteroatoms. The highest BCUT2D eigenvalue weighted by atomic mass is 16.7. The Labute approximate surface area is 157 Å². The molecule has 0 aromatic carbocycles. The number of carbonyl (C=O) groups excluding carboxylic acids is 1. The van der Waals surface area contributed by atoms with Crippen molar-refractivity contribution in [2.75, 3.05) is 7.11 Å². The van der Waals surface area contributed by atoms with Crippen LogP contribution in [0.3, 0.4) is 0 Å². The third-order valence-electron chi connectivity index (χ3n) is 8.22. The zero-order chi connectivity index (χ0) is 19.4. The predicted molar refractivity (Wildman–Crippen MR) is 91.0 cm³/mol. The van der Waals surface area contributed by atoms with Crippen molar-refractivity contribution in [3.8, 4) is 0 Å². The number of hydrogen-bond acceptors (Lipinski definition) is 6. The van der Waals surface area contributed by atoms with Gasteiger partial charge in [-0.1, -0.05) is 6.58 Å². The number of aliphatic carboxylic acids is 1. The zero-order valence-corrected chi connectivity index (χ0v) is 15.4. The van der Waals surface area contributed by atoms with Crippen molar-refractivity contribution >= 4 is 11.9 Å². The fourth-order valence-electron chi connectivity index (χ4n) is 7.30. The lowest BCUT2D eigenvalue weighted by atomic mass is 9.61. The molecule has 1 saturated heterocycles. The number of rotatable bonds is 2. The van der Waals surface area contributed by atoms with Gasteiger partial charge in [0.05, 0.1) is 24.9 Å². The second-order valence-electron chi connectivity index (χ2n) is 9.12. The average Bonchev–Trinajstić information content (AvgIpc) is 3.04. The fourth-order valence-corrected chi connectivity index (χ4v) is 7.30. The molecular weight excluding hydrogens is 352 g/mol. The summed E-state index contributed by atoms with van der Waals surface area (Å²) in [4.78, 5) is 25.4. The Hall–Kier alpha value is -1.86. The normalized spacial score (nSPS) is 54.3. The van der Waals surface area contributed by atoms with Gasteiger partial charge in [0.2, 0.25) is 6.29 Å². The molecule has 8 atom stereocenters. The molecule has 0 aromatic rings. The largest absolute Gasteiger partial charge is 0.481 e. The Bertz CT molecular complexity index is 804. The second kappa shape index (κ2) is 4.75. The third-order valence-corrected chi connectivity index (χ3v) is 8.22. The van der Waals surface area contributed by atoms with Crippen LogP contribution in [-0.4, -0.2) is 46.8 Å².